The van der Waals surface area contributed by atoms with Crippen LogP contribution in [0.3, 0.4) is 0 Å². The molecule has 70 valence electrons. The largest absolute Gasteiger partial charge is 0.344 e. The highest BCUT2D eigenvalue weighted by Gasteiger charge is 2.65. The Bertz CT molecular complexity index is 209. The molecule has 0 fully saturated rings. The number of allylic oxidation sites excluding steroid dienone is 2. The number of rotatable bonds is 3. The van der Waals surface area contributed by atoms with E-state index in [-0.39, 0.29) is 0 Å². The van der Waals surface area contributed by atoms with Gasteiger partial charge in [0, 0.05) is 6.08 Å². The third-order valence-electron chi connectivity index (χ3n) is 1.50. The second kappa shape index (κ2) is 2.94. The van der Waals surface area contributed by atoms with E-state index in [0.717, 1.165) is 11.8 Å². The van der Waals surface area contributed by atoms with Gasteiger partial charge in [0.25, 0.3) is 0 Å². The van der Waals surface area contributed by atoms with E-state index in [1.54, 1.807) is 0 Å². The number of alkyl halides is 4. The molecule has 0 heterocycles. The lowest BCUT2D eigenvalue weighted by atomic mass is 10.0. The minimum atomic E-state index is -3.93. The van der Waals surface area contributed by atoms with Crippen molar-refractivity contribution in [3.8, 4) is 0 Å². The Morgan fingerprint density at radius 3 is 2.25 bits per heavy atom. The van der Waals surface area contributed by atoms with E-state index in [1.165, 1.54) is 0 Å². The van der Waals surface area contributed by atoms with Crippen LogP contribution in [0.2, 0.25) is 0 Å². The van der Waals surface area contributed by atoms with Crippen molar-refractivity contribution < 1.29 is 17.6 Å². The van der Waals surface area contributed by atoms with E-state index in [9.17, 15) is 17.6 Å². The molecule has 0 atom stereocenters. The maximum atomic E-state index is 12.5. The Morgan fingerprint density at radius 1 is 1.33 bits per heavy atom. The molecule has 0 N–H and O–H groups in total. The molecule has 0 aromatic carbocycles. The Kier molecular flexibility index (Phi) is 2.42. The molecular formula is C7H8F4S. The van der Waals surface area contributed by atoms with Crippen LogP contribution < -0.4 is 0 Å². The van der Waals surface area contributed by atoms with Crippen LogP contribution in [0.4, 0.5) is 17.6 Å². The van der Waals surface area contributed by atoms with E-state index in [2.05, 4.69) is 0 Å². The lowest BCUT2D eigenvalue weighted by Crippen LogP contribution is -2.48. The fourth-order valence-corrected chi connectivity index (χ4v) is 1.75. The Morgan fingerprint density at radius 2 is 1.92 bits per heavy atom. The fraction of sp³-hybridized carbons (Fsp3) is 0.714. The first kappa shape index (κ1) is 9.89. The lowest BCUT2D eigenvalue weighted by molar-refractivity contribution is -0.172. The Labute approximate surface area is 72.0 Å². The SMILES string of the molecule is CCCSC1=CC(F)(F)C1(F)F. The zero-order valence-electron chi connectivity index (χ0n) is 6.41. The van der Waals surface area contributed by atoms with Crippen LogP contribution in [-0.2, 0) is 0 Å². The molecule has 0 aromatic heterocycles. The van der Waals surface area contributed by atoms with E-state index >= 15 is 0 Å². The van der Waals surface area contributed by atoms with Crippen molar-refractivity contribution in [2.24, 2.45) is 0 Å². The molecule has 0 unspecified atom stereocenters. The minimum absolute atomic E-state index is 0.341. The van der Waals surface area contributed by atoms with Gasteiger partial charge in [-0.25, -0.2) is 0 Å². The summed E-state index contributed by atoms with van der Waals surface area (Å²) in [6.07, 6.45) is 1.04. The molecular weight excluding hydrogens is 192 g/mol. The van der Waals surface area contributed by atoms with Crippen LogP contribution in [0.15, 0.2) is 11.0 Å². The number of halogens is 4. The molecule has 0 saturated heterocycles. The zero-order valence-corrected chi connectivity index (χ0v) is 7.23. The second-order valence-electron chi connectivity index (χ2n) is 2.55. The summed E-state index contributed by atoms with van der Waals surface area (Å²) in [4.78, 5) is -0.491. The van der Waals surface area contributed by atoms with E-state index in [1.807, 2.05) is 6.92 Å². The molecule has 0 saturated carbocycles. The zero-order chi connectivity index (χ0) is 9.41. The van der Waals surface area contributed by atoms with Gasteiger partial charge in [-0.05, 0) is 12.2 Å². The second-order valence-corrected chi connectivity index (χ2v) is 3.69. The third-order valence-corrected chi connectivity index (χ3v) is 2.80. The van der Waals surface area contributed by atoms with Gasteiger partial charge in [-0.3, -0.25) is 0 Å². The normalized spacial score (nSPS) is 24.6. The average molecular weight is 200 g/mol. The van der Waals surface area contributed by atoms with Crippen LogP contribution in [0.5, 0.6) is 0 Å². The first-order valence-electron chi connectivity index (χ1n) is 3.53. The van der Waals surface area contributed by atoms with Crippen LogP contribution in [-0.4, -0.2) is 17.6 Å². The number of hydrogen-bond donors (Lipinski definition) is 0. The molecule has 5 heteroatoms. The monoisotopic (exact) mass is 200 g/mol. The summed E-state index contributed by atoms with van der Waals surface area (Å²) in [5, 5.41) is 0. The molecule has 0 radical (unpaired) electrons. The molecule has 1 aliphatic rings. The van der Waals surface area contributed by atoms with Gasteiger partial charge in [0.1, 0.15) is 0 Å². The van der Waals surface area contributed by atoms with Gasteiger partial charge >= 0.3 is 11.8 Å². The van der Waals surface area contributed by atoms with Crippen molar-refractivity contribution in [3.63, 3.8) is 0 Å². The van der Waals surface area contributed by atoms with E-state index in [0.29, 0.717) is 18.2 Å². The van der Waals surface area contributed by atoms with Crippen molar-refractivity contribution in [1.82, 2.24) is 0 Å². The summed E-state index contributed by atoms with van der Waals surface area (Å²) < 4.78 is 49.2. The van der Waals surface area contributed by atoms with E-state index in [4.69, 9.17) is 0 Å². The molecule has 12 heavy (non-hydrogen) atoms. The fourth-order valence-electron chi connectivity index (χ4n) is 0.777. The maximum absolute atomic E-state index is 12.5. The van der Waals surface area contributed by atoms with Gasteiger partial charge in [0.2, 0.25) is 0 Å². The van der Waals surface area contributed by atoms with Gasteiger partial charge in [0.15, 0.2) is 0 Å². The van der Waals surface area contributed by atoms with Gasteiger partial charge in [-0.2, -0.15) is 17.6 Å². The maximum Gasteiger partial charge on any atom is 0.344 e. The molecule has 0 bridgehead atoms. The first-order chi connectivity index (χ1) is 5.42. The van der Waals surface area contributed by atoms with Crippen molar-refractivity contribution in [2.75, 3.05) is 5.75 Å². The number of thioether (sulfide) groups is 1. The van der Waals surface area contributed by atoms with Crippen LogP contribution in [0.1, 0.15) is 13.3 Å². The average Bonchev–Trinajstić information content (AvgIpc) is 1.97. The van der Waals surface area contributed by atoms with Gasteiger partial charge in [-0.15, -0.1) is 11.8 Å². The highest BCUT2D eigenvalue weighted by molar-refractivity contribution is 8.03. The molecule has 0 spiro atoms. The standard InChI is InChI=1S/C7H8F4S/c1-2-3-12-5-4-6(8,9)7(5,10)11/h4H,2-3H2,1H3. The lowest BCUT2D eigenvalue weighted by Gasteiger charge is -2.34. The molecule has 0 aromatic rings. The van der Waals surface area contributed by atoms with Gasteiger partial charge < -0.3 is 0 Å². The predicted octanol–water partition coefficient (Wildman–Crippen LogP) is 3.30. The Hall–Kier alpha value is -0.190. The van der Waals surface area contributed by atoms with Gasteiger partial charge in [-0.1, -0.05) is 6.92 Å². The summed E-state index contributed by atoms with van der Waals surface area (Å²) in [6, 6.07) is 0. The van der Waals surface area contributed by atoms with Crippen LogP contribution in [0.25, 0.3) is 0 Å². The Balaban J connectivity index is 2.60. The smallest absolute Gasteiger partial charge is 0.195 e. The highest BCUT2D eigenvalue weighted by Crippen LogP contribution is 2.54. The minimum Gasteiger partial charge on any atom is -0.195 e. The molecule has 0 nitrogen and oxygen atoms in total. The van der Waals surface area contributed by atoms with Crippen LogP contribution >= 0.6 is 11.8 Å². The molecule has 1 aliphatic carbocycles. The van der Waals surface area contributed by atoms with Crippen LogP contribution in [0, 0.1) is 0 Å². The molecule has 0 amide bonds. The highest BCUT2D eigenvalue weighted by atomic mass is 32.2. The summed E-state index contributed by atoms with van der Waals surface area (Å²) >= 11 is 0.804. The van der Waals surface area contributed by atoms with E-state index < -0.39 is 16.8 Å². The van der Waals surface area contributed by atoms with Crippen molar-refractivity contribution in [2.45, 2.75) is 25.2 Å². The van der Waals surface area contributed by atoms with Crippen molar-refractivity contribution >= 4 is 11.8 Å². The third kappa shape index (κ3) is 1.34. The quantitative estimate of drug-likeness (QED) is 0.630. The predicted molar refractivity (Wildman–Crippen MR) is 40.7 cm³/mol. The number of hydrogen-bond acceptors (Lipinski definition) is 1. The van der Waals surface area contributed by atoms with Crippen molar-refractivity contribution in [3.05, 3.63) is 11.0 Å². The molecule has 0 aliphatic heterocycles. The van der Waals surface area contributed by atoms with Crippen molar-refractivity contribution in [1.29, 1.82) is 0 Å². The summed E-state index contributed by atoms with van der Waals surface area (Å²) in [5.41, 5.74) is 0. The summed E-state index contributed by atoms with van der Waals surface area (Å²) in [5.74, 6) is -7.40. The topological polar surface area (TPSA) is 0 Å². The molecule has 1 rings (SSSR count). The van der Waals surface area contributed by atoms with Gasteiger partial charge in [0.05, 0.1) is 4.91 Å². The summed E-state index contributed by atoms with van der Waals surface area (Å²) in [6.45, 7) is 1.81. The first-order valence-corrected chi connectivity index (χ1v) is 4.52. The summed E-state index contributed by atoms with van der Waals surface area (Å²) in [7, 11) is 0.